The molecule has 1 aromatic heterocycles. The van der Waals surface area contributed by atoms with E-state index in [1.165, 1.54) is 12.3 Å². The van der Waals surface area contributed by atoms with Crippen molar-refractivity contribution in [3.63, 3.8) is 0 Å². The molecule has 1 fully saturated rings. The molecule has 0 aromatic carbocycles. The number of pyridine rings is 1. The van der Waals surface area contributed by atoms with Crippen LogP contribution in [0.4, 0.5) is 0 Å². The summed E-state index contributed by atoms with van der Waals surface area (Å²) < 4.78 is 1.69. The lowest BCUT2D eigenvalue weighted by molar-refractivity contribution is 0.0694. The summed E-state index contributed by atoms with van der Waals surface area (Å²) in [6.45, 7) is 0.598. The van der Waals surface area contributed by atoms with Gasteiger partial charge >= 0.3 is 5.97 Å². The first kappa shape index (κ1) is 11.4. The van der Waals surface area contributed by atoms with Crippen molar-refractivity contribution in [3.8, 4) is 6.07 Å². The third kappa shape index (κ3) is 2.36. The van der Waals surface area contributed by atoms with Gasteiger partial charge in [-0.3, -0.25) is 4.79 Å². The molecule has 2 rings (SSSR count). The zero-order valence-corrected chi connectivity index (χ0v) is 9.22. The topological polar surface area (TPSA) is 83.1 Å². The number of hydrogen-bond donors (Lipinski definition) is 1. The van der Waals surface area contributed by atoms with Crippen molar-refractivity contribution in [2.75, 3.05) is 0 Å². The molecule has 1 heterocycles. The smallest absolute Gasteiger partial charge is 0.341 e. The van der Waals surface area contributed by atoms with Gasteiger partial charge in [-0.15, -0.1) is 0 Å². The monoisotopic (exact) mass is 232 g/mol. The fourth-order valence-corrected chi connectivity index (χ4v) is 1.91. The molecule has 0 amide bonds. The number of carboxylic acid groups (broad SMARTS) is 1. The number of nitriles is 1. The minimum Gasteiger partial charge on any atom is -0.477 e. The van der Waals surface area contributed by atoms with Crippen LogP contribution in [0.25, 0.3) is 0 Å². The lowest BCUT2D eigenvalue weighted by atomic mass is 10.0. The maximum absolute atomic E-state index is 11.3. The average molecular weight is 232 g/mol. The Morgan fingerprint density at radius 3 is 2.82 bits per heavy atom. The van der Waals surface area contributed by atoms with E-state index in [-0.39, 0.29) is 11.0 Å². The molecule has 0 atom stereocenters. The van der Waals surface area contributed by atoms with Crippen molar-refractivity contribution in [1.82, 2.24) is 4.57 Å². The standard InChI is InChI=1S/C12H12N2O3/c13-5-4-12(2-3-12)8-14-6-1-10(15)9(7-14)11(16)17/h1,6-7H,2-4,8H2,(H,16,17). The highest BCUT2D eigenvalue weighted by Gasteiger charge is 2.42. The summed E-state index contributed by atoms with van der Waals surface area (Å²) in [7, 11) is 0. The van der Waals surface area contributed by atoms with Crippen molar-refractivity contribution in [2.45, 2.75) is 25.8 Å². The molecule has 0 bridgehead atoms. The average Bonchev–Trinajstić information content (AvgIpc) is 3.01. The molecule has 1 aromatic rings. The maximum Gasteiger partial charge on any atom is 0.341 e. The zero-order chi connectivity index (χ0) is 12.5. The zero-order valence-electron chi connectivity index (χ0n) is 9.22. The Bertz CT molecular complexity index is 550. The fraction of sp³-hybridized carbons (Fsp3) is 0.417. The molecule has 0 saturated heterocycles. The molecule has 5 nitrogen and oxygen atoms in total. The molecule has 1 saturated carbocycles. The lowest BCUT2D eigenvalue weighted by Crippen LogP contribution is -2.19. The van der Waals surface area contributed by atoms with Crippen LogP contribution in [0.5, 0.6) is 0 Å². The molecule has 17 heavy (non-hydrogen) atoms. The number of hydrogen-bond acceptors (Lipinski definition) is 3. The molecule has 1 aliphatic rings. The van der Waals surface area contributed by atoms with Gasteiger partial charge in [0.15, 0.2) is 5.43 Å². The van der Waals surface area contributed by atoms with E-state index < -0.39 is 11.4 Å². The van der Waals surface area contributed by atoms with E-state index in [0.717, 1.165) is 12.8 Å². The number of rotatable bonds is 4. The summed E-state index contributed by atoms with van der Waals surface area (Å²) in [6.07, 6.45) is 5.36. The predicted molar refractivity (Wildman–Crippen MR) is 59.6 cm³/mol. The van der Waals surface area contributed by atoms with Gasteiger partial charge in [-0.2, -0.15) is 5.26 Å². The highest BCUT2D eigenvalue weighted by molar-refractivity contribution is 5.86. The van der Waals surface area contributed by atoms with Crippen LogP contribution in [0.2, 0.25) is 0 Å². The lowest BCUT2D eigenvalue weighted by Gasteiger charge is -2.14. The molecule has 1 aliphatic carbocycles. The van der Waals surface area contributed by atoms with Crippen molar-refractivity contribution in [3.05, 3.63) is 34.2 Å². The normalized spacial score (nSPS) is 16.2. The Morgan fingerprint density at radius 1 is 1.59 bits per heavy atom. The van der Waals surface area contributed by atoms with Crippen LogP contribution < -0.4 is 5.43 Å². The highest BCUT2D eigenvalue weighted by Crippen LogP contribution is 2.49. The molecule has 0 aliphatic heterocycles. The fourth-order valence-electron chi connectivity index (χ4n) is 1.91. The van der Waals surface area contributed by atoms with Gasteiger partial charge in [0.1, 0.15) is 5.56 Å². The molecular weight excluding hydrogens is 220 g/mol. The first-order valence-corrected chi connectivity index (χ1v) is 5.37. The summed E-state index contributed by atoms with van der Waals surface area (Å²) in [6, 6.07) is 3.40. The minimum atomic E-state index is -1.21. The molecule has 0 unspecified atom stereocenters. The second-order valence-electron chi connectivity index (χ2n) is 4.54. The summed E-state index contributed by atoms with van der Waals surface area (Å²) in [4.78, 5) is 22.1. The van der Waals surface area contributed by atoms with Gasteiger partial charge in [-0.05, 0) is 12.8 Å². The molecule has 88 valence electrons. The number of carboxylic acids is 1. The summed E-state index contributed by atoms with van der Waals surface area (Å²) in [5.74, 6) is -1.21. The van der Waals surface area contributed by atoms with Crippen molar-refractivity contribution >= 4 is 5.97 Å². The molecule has 1 N–H and O–H groups in total. The quantitative estimate of drug-likeness (QED) is 0.846. The van der Waals surface area contributed by atoms with Crippen molar-refractivity contribution in [2.24, 2.45) is 5.41 Å². The number of nitrogens with zero attached hydrogens (tertiary/aromatic N) is 2. The Morgan fingerprint density at radius 2 is 2.29 bits per heavy atom. The van der Waals surface area contributed by atoms with Crippen LogP contribution >= 0.6 is 0 Å². The predicted octanol–water partition coefficient (Wildman–Crippen LogP) is 1.24. The second-order valence-corrected chi connectivity index (χ2v) is 4.54. The third-order valence-electron chi connectivity index (χ3n) is 3.14. The SMILES string of the molecule is N#CCC1(Cn2ccc(=O)c(C(=O)O)c2)CC1. The van der Waals surface area contributed by atoms with E-state index in [2.05, 4.69) is 6.07 Å². The van der Waals surface area contributed by atoms with Crippen LogP contribution in [-0.4, -0.2) is 15.6 Å². The van der Waals surface area contributed by atoms with Gasteiger partial charge < -0.3 is 9.67 Å². The van der Waals surface area contributed by atoms with Gasteiger partial charge in [0.05, 0.1) is 6.07 Å². The third-order valence-corrected chi connectivity index (χ3v) is 3.14. The van der Waals surface area contributed by atoms with E-state index in [4.69, 9.17) is 10.4 Å². The number of carbonyl (C=O) groups is 1. The van der Waals surface area contributed by atoms with Gasteiger partial charge in [0.2, 0.25) is 0 Å². The Hall–Kier alpha value is -2.09. The molecular formula is C12H12N2O3. The van der Waals surface area contributed by atoms with E-state index in [0.29, 0.717) is 13.0 Å². The first-order valence-electron chi connectivity index (χ1n) is 5.37. The molecule has 0 radical (unpaired) electrons. The minimum absolute atomic E-state index is 0.0143. The largest absolute Gasteiger partial charge is 0.477 e. The Kier molecular flexibility index (Phi) is 2.72. The van der Waals surface area contributed by atoms with E-state index in [1.807, 2.05) is 0 Å². The van der Waals surface area contributed by atoms with Crippen LogP contribution in [0.3, 0.4) is 0 Å². The first-order chi connectivity index (χ1) is 8.06. The van der Waals surface area contributed by atoms with Crippen LogP contribution in [0, 0.1) is 16.7 Å². The van der Waals surface area contributed by atoms with Crippen LogP contribution in [-0.2, 0) is 6.54 Å². The van der Waals surface area contributed by atoms with Crippen molar-refractivity contribution < 1.29 is 9.90 Å². The highest BCUT2D eigenvalue weighted by atomic mass is 16.4. The second kappa shape index (κ2) is 4.06. The van der Waals surface area contributed by atoms with Crippen LogP contribution in [0.1, 0.15) is 29.6 Å². The number of aromatic nitrogens is 1. The van der Waals surface area contributed by atoms with E-state index >= 15 is 0 Å². The Labute approximate surface area is 97.9 Å². The van der Waals surface area contributed by atoms with Gasteiger partial charge in [0, 0.05) is 36.8 Å². The van der Waals surface area contributed by atoms with Crippen molar-refractivity contribution in [1.29, 1.82) is 5.26 Å². The van der Waals surface area contributed by atoms with Gasteiger partial charge in [-0.1, -0.05) is 0 Å². The molecule has 0 spiro atoms. The molecule has 5 heteroatoms. The number of aromatic carboxylic acids is 1. The van der Waals surface area contributed by atoms with Gasteiger partial charge in [-0.25, -0.2) is 4.79 Å². The van der Waals surface area contributed by atoms with E-state index in [1.54, 1.807) is 10.8 Å². The Balaban J connectivity index is 2.24. The van der Waals surface area contributed by atoms with Crippen LogP contribution in [0.15, 0.2) is 23.3 Å². The van der Waals surface area contributed by atoms with E-state index in [9.17, 15) is 9.59 Å². The summed E-state index contributed by atoms with van der Waals surface area (Å²) in [5, 5.41) is 17.5. The summed E-state index contributed by atoms with van der Waals surface area (Å²) in [5.41, 5.74) is -0.723. The summed E-state index contributed by atoms with van der Waals surface area (Å²) >= 11 is 0. The maximum atomic E-state index is 11.3. The van der Waals surface area contributed by atoms with Gasteiger partial charge in [0.25, 0.3) is 0 Å².